The lowest BCUT2D eigenvalue weighted by Crippen LogP contribution is -2.26. The summed E-state index contributed by atoms with van der Waals surface area (Å²) in [6, 6.07) is 18.5. The Kier molecular flexibility index (Phi) is 5.99. The van der Waals surface area contributed by atoms with Crippen molar-refractivity contribution in [2.24, 2.45) is 0 Å². The third-order valence-corrected chi connectivity index (χ3v) is 6.43. The predicted octanol–water partition coefficient (Wildman–Crippen LogP) is 4.51. The summed E-state index contributed by atoms with van der Waals surface area (Å²) in [6.07, 6.45) is 0. The Labute approximate surface area is 180 Å². The Morgan fingerprint density at radius 1 is 1.10 bits per heavy atom. The number of benzene rings is 2. The average molecular weight is 442 g/mol. The highest BCUT2D eigenvalue weighted by atomic mass is 35.5. The van der Waals surface area contributed by atoms with Crippen LogP contribution in [0.3, 0.4) is 0 Å². The lowest BCUT2D eigenvalue weighted by atomic mass is 10.2. The average Bonchev–Trinajstić information content (AvgIpc) is 3.21. The molecule has 0 aliphatic heterocycles. The van der Waals surface area contributed by atoms with E-state index in [1.807, 2.05) is 60.0 Å². The molecule has 0 unspecified atom stereocenters. The molecule has 2 heterocycles. The minimum atomic E-state index is -0.158. The van der Waals surface area contributed by atoms with Crippen molar-refractivity contribution in [1.82, 2.24) is 14.9 Å². The van der Waals surface area contributed by atoms with Gasteiger partial charge in [0.1, 0.15) is 4.70 Å². The third kappa shape index (κ3) is 4.37. The minimum absolute atomic E-state index is 0.129. The maximum atomic E-state index is 13.0. The number of carbonyl (C=O) groups excluding carboxylic acids is 1. The van der Waals surface area contributed by atoms with Gasteiger partial charge in [0.15, 0.2) is 5.16 Å². The fourth-order valence-corrected chi connectivity index (χ4v) is 4.61. The van der Waals surface area contributed by atoms with Gasteiger partial charge in [-0.3, -0.25) is 14.2 Å². The summed E-state index contributed by atoms with van der Waals surface area (Å²) in [4.78, 5) is 30.0. The van der Waals surface area contributed by atoms with Crippen molar-refractivity contribution in [2.45, 2.75) is 11.7 Å². The number of hydrogen-bond donors (Lipinski definition) is 1. The van der Waals surface area contributed by atoms with Crippen LogP contribution in [0.5, 0.6) is 0 Å². The van der Waals surface area contributed by atoms with Crippen LogP contribution in [0.4, 0.5) is 0 Å². The first-order valence-electron chi connectivity index (χ1n) is 8.82. The number of thiophene rings is 1. The van der Waals surface area contributed by atoms with Crippen molar-refractivity contribution < 1.29 is 4.79 Å². The van der Waals surface area contributed by atoms with Crippen LogP contribution in [-0.4, -0.2) is 21.2 Å². The molecule has 0 aliphatic carbocycles. The van der Waals surface area contributed by atoms with E-state index in [1.54, 1.807) is 10.6 Å². The SMILES string of the molecule is O=C(CSc1nc2ccsc2c(=O)n1-c1ccccc1)NCc1ccccc1Cl. The normalized spacial score (nSPS) is 10.9. The second-order valence-corrected chi connectivity index (χ2v) is 8.43. The van der Waals surface area contributed by atoms with Crippen LogP contribution in [0, 0.1) is 0 Å². The zero-order valence-corrected chi connectivity index (χ0v) is 17.6. The van der Waals surface area contributed by atoms with Gasteiger partial charge in [-0.25, -0.2) is 4.98 Å². The van der Waals surface area contributed by atoms with Crippen LogP contribution < -0.4 is 10.9 Å². The molecule has 0 aliphatic rings. The van der Waals surface area contributed by atoms with Gasteiger partial charge in [-0.2, -0.15) is 0 Å². The second kappa shape index (κ2) is 8.82. The number of rotatable bonds is 6. The molecule has 0 radical (unpaired) electrons. The molecular weight excluding hydrogens is 426 g/mol. The van der Waals surface area contributed by atoms with Crippen molar-refractivity contribution in [3.8, 4) is 5.69 Å². The molecule has 1 N–H and O–H groups in total. The Morgan fingerprint density at radius 3 is 2.66 bits per heavy atom. The smallest absolute Gasteiger partial charge is 0.276 e. The molecule has 2 aromatic carbocycles. The molecule has 0 atom stereocenters. The Balaban J connectivity index is 1.55. The van der Waals surface area contributed by atoms with Gasteiger partial charge in [-0.05, 0) is 35.2 Å². The van der Waals surface area contributed by atoms with Crippen molar-refractivity contribution in [2.75, 3.05) is 5.75 Å². The predicted molar refractivity (Wildman–Crippen MR) is 119 cm³/mol. The van der Waals surface area contributed by atoms with Crippen LogP contribution >= 0.6 is 34.7 Å². The largest absolute Gasteiger partial charge is 0.351 e. The van der Waals surface area contributed by atoms with Crippen LogP contribution in [0.1, 0.15) is 5.56 Å². The molecule has 5 nitrogen and oxygen atoms in total. The summed E-state index contributed by atoms with van der Waals surface area (Å²) in [5.74, 6) is -0.0199. The molecule has 29 heavy (non-hydrogen) atoms. The summed E-state index contributed by atoms with van der Waals surface area (Å²) in [6.45, 7) is 0.349. The van der Waals surface area contributed by atoms with E-state index in [9.17, 15) is 9.59 Å². The van der Waals surface area contributed by atoms with Crippen LogP contribution in [0.15, 0.2) is 76.0 Å². The summed E-state index contributed by atoms with van der Waals surface area (Å²) in [7, 11) is 0. The first-order valence-corrected chi connectivity index (χ1v) is 11.1. The first-order chi connectivity index (χ1) is 14.1. The standard InChI is InChI=1S/C21H16ClN3O2S2/c22-16-9-5-4-6-14(16)12-23-18(26)13-29-21-24-17-10-11-28-19(17)20(27)25(21)15-7-2-1-3-8-15/h1-11H,12-13H2,(H,23,26). The van der Waals surface area contributed by atoms with Crippen LogP contribution in [0.25, 0.3) is 15.9 Å². The zero-order valence-electron chi connectivity index (χ0n) is 15.2. The van der Waals surface area contributed by atoms with E-state index < -0.39 is 0 Å². The van der Waals surface area contributed by atoms with E-state index in [0.29, 0.717) is 26.9 Å². The van der Waals surface area contributed by atoms with Gasteiger partial charge in [0.2, 0.25) is 5.91 Å². The fourth-order valence-electron chi connectivity index (χ4n) is 2.81. The number of aromatic nitrogens is 2. The van der Waals surface area contributed by atoms with Crippen molar-refractivity contribution in [1.29, 1.82) is 0 Å². The number of hydrogen-bond acceptors (Lipinski definition) is 5. The number of carbonyl (C=O) groups is 1. The van der Waals surface area contributed by atoms with Crippen LogP contribution in [0.2, 0.25) is 5.02 Å². The highest BCUT2D eigenvalue weighted by Crippen LogP contribution is 2.23. The lowest BCUT2D eigenvalue weighted by molar-refractivity contribution is -0.118. The topological polar surface area (TPSA) is 64.0 Å². The molecule has 1 amide bonds. The Hall–Kier alpha value is -2.61. The summed E-state index contributed by atoms with van der Waals surface area (Å²) < 4.78 is 2.16. The van der Waals surface area contributed by atoms with Crippen LogP contribution in [-0.2, 0) is 11.3 Å². The lowest BCUT2D eigenvalue weighted by Gasteiger charge is -2.12. The van der Waals surface area contributed by atoms with Gasteiger partial charge in [0.05, 0.1) is 17.0 Å². The molecule has 2 aromatic heterocycles. The monoisotopic (exact) mass is 441 g/mol. The molecular formula is C21H16ClN3O2S2. The van der Waals surface area contributed by atoms with Gasteiger partial charge >= 0.3 is 0 Å². The highest BCUT2D eigenvalue weighted by molar-refractivity contribution is 7.99. The number of amides is 1. The number of halogens is 1. The maximum absolute atomic E-state index is 13.0. The summed E-state index contributed by atoms with van der Waals surface area (Å²) in [5.41, 5.74) is 2.09. The highest BCUT2D eigenvalue weighted by Gasteiger charge is 2.15. The van der Waals surface area contributed by atoms with Crippen molar-refractivity contribution >= 4 is 50.8 Å². The molecule has 8 heteroatoms. The van der Waals surface area contributed by atoms with E-state index in [2.05, 4.69) is 10.3 Å². The van der Waals surface area contributed by atoms with Crippen molar-refractivity contribution in [3.05, 3.63) is 87.0 Å². The van der Waals surface area contributed by atoms with Gasteiger partial charge in [-0.1, -0.05) is 59.8 Å². The first kappa shape index (κ1) is 19.7. The molecule has 146 valence electrons. The van der Waals surface area contributed by atoms with Gasteiger partial charge in [0, 0.05) is 11.6 Å². The van der Waals surface area contributed by atoms with E-state index in [4.69, 9.17) is 11.6 Å². The molecule has 0 fully saturated rings. The minimum Gasteiger partial charge on any atom is -0.351 e. The maximum Gasteiger partial charge on any atom is 0.276 e. The number of nitrogens with one attached hydrogen (secondary N) is 1. The molecule has 4 rings (SSSR count). The summed E-state index contributed by atoms with van der Waals surface area (Å²) in [5, 5.41) is 5.81. The van der Waals surface area contributed by atoms with E-state index in [1.165, 1.54) is 23.1 Å². The Bertz CT molecular complexity index is 1220. The van der Waals surface area contributed by atoms with E-state index >= 15 is 0 Å². The fraction of sp³-hybridized carbons (Fsp3) is 0.0952. The van der Waals surface area contributed by atoms with E-state index in [0.717, 1.165) is 11.3 Å². The van der Waals surface area contributed by atoms with E-state index in [-0.39, 0.29) is 17.2 Å². The number of thioether (sulfide) groups is 1. The third-order valence-electron chi connectivity index (χ3n) is 4.23. The second-order valence-electron chi connectivity index (χ2n) is 6.16. The number of nitrogens with zero attached hydrogens (tertiary/aromatic N) is 2. The van der Waals surface area contributed by atoms with Gasteiger partial charge < -0.3 is 5.32 Å². The summed E-state index contributed by atoms with van der Waals surface area (Å²) >= 11 is 8.73. The molecule has 0 saturated carbocycles. The van der Waals surface area contributed by atoms with Gasteiger partial charge in [-0.15, -0.1) is 11.3 Å². The molecule has 4 aromatic rings. The zero-order chi connectivity index (χ0) is 20.2. The Morgan fingerprint density at radius 2 is 1.86 bits per heavy atom. The van der Waals surface area contributed by atoms with Gasteiger partial charge in [0.25, 0.3) is 5.56 Å². The molecule has 0 bridgehead atoms. The number of para-hydroxylation sites is 1. The van der Waals surface area contributed by atoms with Crippen molar-refractivity contribution in [3.63, 3.8) is 0 Å². The number of fused-ring (bicyclic) bond motifs is 1. The molecule has 0 spiro atoms. The quantitative estimate of drug-likeness (QED) is 0.353. The molecule has 0 saturated heterocycles.